The fourth-order valence-corrected chi connectivity index (χ4v) is 2.28. The molecule has 0 aliphatic carbocycles. The van der Waals surface area contributed by atoms with Crippen molar-refractivity contribution in [2.45, 2.75) is 59.5 Å². The second kappa shape index (κ2) is 9.43. The SMILES string of the molecule is CCCC[C@H](CC)CNC(=O)[C@@H](C)Oc1cccc(C)c1. The highest BCUT2D eigenvalue weighted by Gasteiger charge is 2.16. The Bertz CT molecular complexity index is 431. The van der Waals surface area contributed by atoms with Crippen molar-refractivity contribution in [3.05, 3.63) is 29.8 Å². The summed E-state index contributed by atoms with van der Waals surface area (Å²) in [7, 11) is 0. The number of benzene rings is 1. The van der Waals surface area contributed by atoms with E-state index in [0.29, 0.717) is 5.92 Å². The maximum atomic E-state index is 12.1. The molecule has 0 saturated heterocycles. The predicted molar refractivity (Wildman–Crippen MR) is 87.6 cm³/mol. The Labute approximate surface area is 129 Å². The van der Waals surface area contributed by atoms with Crippen molar-refractivity contribution in [1.82, 2.24) is 5.32 Å². The summed E-state index contributed by atoms with van der Waals surface area (Å²) in [5.74, 6) is 1.28. The van der Waals surface area contributed by atoms with E-state index in [-0.39, 0.29) is 5.91 Å². The van der Waals surface area contributed by atoms with Crippen molar-refractivity contribution >= 4 is 5.91 Å². The molecule has 0 aliphatic heterocycles. The summed E-state index contributed by atoms with van der Waals surface area (Å²) in [6.07, 6.45) is 4.25. The highest BCUT2D eigenvalue weighted by atomic mass is 16.5. The summed E-state index contributed by atoms with van der Waals surface area (Å²) < 4.78 is 5.69. The van der Waals surface area contributed by atoms with Crippen molar-refractivity contribution in [1.29, 1.82) is 0 Å². The number of nitrogens with one attached hydrogen (secondary N) is 1. The summed E-state index contributed by atoms with van der Waals surface area (Å²) in [5, 5.41) is 3.01. The first-order chi connectivity index (χ1) is 10.1. The molecule has 0 aromatic heterocycles. The fraction of sp³-hybridized carbons (Fsp3) is 0.611. The Balaban J connectivity index is 2.40. The maximum absolute atomic E-state index is 12.1. The van der Waals surface area contributed by atoms with Gasteiger partial charge in [-0.15, -0.1) is 0 Å². The average molecular weight is 291 g/mol. The van der Waals surface area contributed by atoms with Crippen LogP contribution in [0, 0.1) is 12.8 Å². The molecule has 0 fully saturated rings. The zero-order valence-corrected chi connectivity index (χ0v) is 13.8. The van der Waals surface area contributed by atoms with Crippen LogP contribution in [-0.4, -0.2) is 18.6 Å². The van der Waals surface area contributed by atoms with E-state index in [1.807, 2.05) is 31.2 Å². The van der Waals surface area contributed by atoms with Crippen molar-refractivity contribution in [2.24, 2.45) is 5.92 Å². The number of hydrogen-bond acceptors (Lipinski definition) is 2. The number of hydrogen-bond donors (Lipinski definition) is 1. The van der Waals surface area contributed by atoms with Gasteiger partial charge in [-0.1, -0.05) is 45.2 Å². The largest absolute Gasteiger partial charge is 0.481 e. The van der Waals surface area contributed by atoms with Crippen molar-refractivity contribution in [3.8, 4) is 5.75 Å². The molecule has 1 rings (SSSR count). The number of carbonyl (C=O) groups is 1. The van der Waals surface area contributed by atoms with Gasteiger partial charge in [0.1, 0.15) is 5.75 Å². The van der Waals surface area contributed by atoms with Gasteiger partial charge < -0.3 is 10.1 Å². The second-order valence-corrected chi connectivity index (χ2v) is 5.74. The molecule has 0 unspecified atom stereocenters. The molecule has 0 saturated carbocycles. The highest BCUT2D eigenvalue weighted by molar-refractivity contribution is 5.80. The monoisotopic (exact) mass is 291 g/mol. The van der Waals surface area contributed by atoms with Crippen LogP contribution in [0.25, 0.3) is 0 Å². The van der Waals surface area contributed by atoms with E-state index in [2.05, 4.69) is 19.2 Å². The van der Waals surface area contributed by atoms with Gasteiger partial charge in [0.05, 0.1) is 0 Å². The molecule has 1 N–H and O–H groups in total. The van der Waals surface area contributed by atoms with Crippen LogP contribution in [0.4, 0.5) is 0 Å². The number of rotatable bonds is 9. The van der Waals surface area contributed by atoms with Gasteiger partial charge in [0.2, 0.25) is 0 Å². The zero-order chi connectivity index (χ0) is 15.7. The number of unbranched alkanes of at least 4 members (excludes halogenated alkanes) is 1. The predicted octanol–water partition coefficient (Wildman–Crippen LogP) is 4.09. The molecule has 1 amide bonds. The molecule has 0 radical (unpaired) electrons. The quantitative estimate of drug-likeness (QED) is 0.744. The third kappa shape index (κ3) is 6.65. The lowest BCUT2D eigenvalue weighted by molar-refractivity contribution is -0.127. The number of amides is 1. The Morgan fingerprint density at radius 2 is 2.10 bits per heavy atom. The van der Waals surface area contributed by atoms with Gasteiger partial charge in [-0.05, 0) is 43.9 Å². The van der Waals surface area contributed by atoms with Gasteiger partial charge in [0.25, 0.3) is 5.91 Å². The van der Waals surface area contributed by atoms with Gasteiger partial charge >= 0.3 is 0 Å². The molecule has 3 heteroatoms. The minimum Gasteiger partial charge on any atom is -0.481 e. The summed E-state index contributed by atoms with van der Waals surface area (Å²) in [6.45, 7) is 8.93. The molecule has 1 aromatic rings. The van der Waals surface area contributed by atoms with E-state index in [1.165, 1.54) is 19.3 Å². The Morgan fingerprint density at radius 3 is 2.71 bits per heavy atom. The molecule has 21 heavy (non-hydrogen) atoms. The van der Waals surface area contributed by atoms with Gasteiger partial charge in [-0.2, -0.15) is 0 Å². The minimum absolute atomic E-state index is 0.0357. The van der Waals surface area contributed by atoms with Gasteiger partial charge in [0.15, 0.2) is 6.10 Å². The second-order valence-electron chi connectivity index (χ2n) is 5.74. The van der Waals surface area contributed by atoms with Crippen molar-refractivity contribution in [2.75, 3.05) is 6.54 Å². The fourth-order valence-electron chi connectivity index (χ4n) is 2.28. The van der Waals surface area contributed by atoms with E-state index < -0.39 is 6.10 Å². The van der Waals surface area contributed by atoms with E-state index in [9.17, 15) is 4.79 Å². The Hall–Kier alpha value is -1.51. The Morgan fingerprint density at radius 1 is 1.33 bits per heavy atom. The first kappa shape index (κ1) is 17.5. The summed E-state index contributed by atoms with van der Waals surface area (Å²) in [6, 6.07) is 7.77. The van der Waals surface area contributed by atoms with Crippen molar-refractivity contribution < 1.29 is 9.53 Å². The van der Waals surface area contributed by atoms with Crippen LogP contribution in [0.15, 0.2) is 24.3 Å². The molecule has 1 aromatic carbocycles. The zero-order valence-electron chi connectivity index (χ0n) is 13.8. The average Bonchev–Trinajstić information content (AvgIpc) is 2.47. The van der Waals surface area contributed by atoms with Gasteiger partial charge in [0, 0.05) is 6.54 Å². The molecule has 0 aliphatic rings. The van der Waals surface area contributed by atoms with Crippen LogP contribution < -0.4 is 10.1 Å². The van der Waals surface area contributed by atoms with Gasteiger partial charge in [-0.3, -0.25) is 4.79 Å². The van der Waals surface area contributed by atoms with E-state index >= 15 is 0 Å². The highest BCUT2D eigenvalue weighted by Crippen LogP contribution is 2.15. The third-order valence-electron chi connectivity index (χ3n) is 3.78. The van der Waals surface area contributed by atoms with Crippen LogP contribution in [0.3, 0.4) is 0 Å². The molecular weight excluding hydrogens is 262 g/mol. The van der Waals surface area contributed by atoms with E-state index in [1.54, 1.807) is 6.92 Å². The molecule has 2 atom stereocenters. The Kier molecular flexibility index (Phi) is 7.88. The van der Waals surface area contributed by atoms with Gasteiger partial charge in [-0.25, -0.2) is 0 Å². The molecule has 0 bridgehead atoms. The van der Waals surface area contributed by atoms with Crippen LogP contribution in [0.2, 0.25) is 0 Å². The van der Waals surface area contributed by atoms with Crippen LogP contribution in [0.5, 0.6) is 5.75 Å². The summed E-state index contributed by atoms with van der Waals surface area (Å²) in [4.78, 5) is 12.1. The summed E-state index contributed by atoms with van der Waals surface area (Å²) in [5.41, 5.74) is 1.13. The van der Waals surface area contributed by atoms with Crippen LogP contribution in [0.1, 0.15) is 52.0 Å². The number of ether oxygens (including phenoxy) is 1. The first-order valence-corrected chi connectivity index (χ1v) is 8.07. The van der Waals surface area contributed by atoms with E-state index in [0.717, 1.165) is 24.3 Å². The lowest BCUT2D eigenvalue weighted by Gasteiger charge is -2.18. The number of carbonyl (C=O) groups excluding carboxylic acids is 1. The molecular formula is C18H29NO2. The third-order valence-corrected chi connectivity index (χ3v) is 3.78. The van der Waals surface area contributed by atoms with Crippen LogP contribution >= 0.6 is 0 Å². The first-order valence-electron chi connectivity index (χ1n) is 8.07. The standard InChI is InChI=1S/C18H29NO2/c1-5-7-10-16(6-2)13-19-18(20)15(4)21-17-11-8-9-14(3)12-17/h8-9,11-12,15-16H,5-7,10,13H2,1-4H3,(H,19,20)/t15-,16+/m1/s1. The maximum Gasteiger partial charge on any atom is 0.260 e. The van der Waals surface area contributed by atoms with E-state index in [4.69, 9.17) is 4.74 Å². The lowest BCUT2D eigenvalue weighted by Crippen LogP contribution is -2.38. The normalized spacial score (nSPS) is 13.5. The molecule has 118 valence electrons. The summed E-state index contributed by atoms with van der Waals surface area (Å²) >= 11 is 0. The molecule has 3 nitrogen and oxygen atoms in total. The topological polar surface area (TPSA) is 38.3 Å². The smallest absolute Gasteiger partial charge is 0.260 e. The van der Waals surface area contributed by atoms with Crippen molar-refractivity contribution in [3.63, 3.8) is 0 Å². The minimum atomic E-state index is -0.463. The van der Waals surface area contributed by atoms with Crippen LogP contribution in [-0.2, 0) is 4.79 Å². The molecule has 0 heterocycles. The lowest BCUT2D eigenvalue weighted by atomic mass is 9.99. The molecule has 0 spiro atoms. The number of aryl methyl sites for hydroxylation is 1.